The lowest BCUT2D eigenvalue weighted by Crippen LogP contribution is -2.60. The van der Waals surface area contributed by atoms with E-state index in [0.717, 1.165) is 44.9 Å². The third-order valence-corrected chi connectivity index (χ3v) is 9.22. The highest BCUT2D eigenvalue weighted by Crippen LogP contribution is 2.43. The normalized spacial score (nSPS) is 13.0. The van der Waals surface area contributed by atoms with Crippen LogP contribution in [0.25, 0.3) is 0 Å². The van der Waals surface area contributed by atoms with Crippen LogP contribution in [0.3, 0.4) is 0 Å². The van der Waals surface area contributed by atoms with E-state index in [2.05, 4.69) is 175 Å². The zero-order chi connectivity index (χ0) is 34.1. The highest BCUT2D eigenvalue weighted by atomic mass is 16.5. The Morgan fingerprint density at radius 1 is 0.388 bits per heavy atom. The molecule has 2 atom stereocenters. The van der Waals surface area contributed by atoms with Gasteiger partial charge >= 0.3 is 0 Å². The van der Waals surface area contributed by atoms with Crippen LogP contribution < -0.4 is 25.4 Å². The zero-order valence-corrected chi connectivity index (χ0v) is 28.6. The second kappa shape index (κ2) is 15.3. The number of benzene rings is 6. The van der Waals surface area contributed by atoms with Gasteiger partial charge in [0.1, 0.15) is 11.5 Å². The molecule has 49 heavy (non-hydrogen) atoms. The molecule has 0 heterocycles. The van der Waals surface area contributed by atoms with Gasteiger partial charge < -0.3 is 9.47 Å². The molecule has 6 aromatic carbocycles. The summed E-state index contributed by atoms with van der Waals surface area (Å²) < 4.78 is 12.0. The molecule has 5 heteroatoms. The summed E-state index contributed by atoms with van der Waals surface area (Å²) in [5.41, 5.74) is 5.02. The molecule has 6 aromatic rings. The van der Waals surface area contributed by atoms with Crippen LogP contribution in [0.2, 0.25) is 0 Å². The third-order valence-electron chi connectivity index (χ3n) is 9.22. The van der Waals surface area contributed by atoms with Gasteiger partial charge in [0, 0.05) is 11.1 Å². The van der Waals surface area contributed by atoms with Gasteiger partial charge in [0.15, 0.2) is 0 Å². The molecule has 0 saturated heterocycles. The van der Waals surface area contributed by atoms with Gasteiger partial charge in [-0.05, 0) is 48.2 Å². The van der Waals surface area contributed by atoms with E-state index in [1.807, 2.05) is 24.3 Å². The smallest absolute Gasteiger partial charge is 0.124 e. The first kappa shape index (κ1) is 33.7. The van der Waals surface area contributed by atoms with Gasteiger partial charge in [-0.2, -0.15) is 0 Å². The quantitative estimate of drug-likeness (QED) is 0.0819. The van der Waals surface area contributed by atoms with Crippen molar-refractivity contribution in [2.24, 2.45) is 0 Å². The highest BCUT2D eigenvalue weighted by molar-refractivity contribution is 5.56. The van der Waals surface area contributed by atoms with Gasteiger partial charge in [0.2, 0.25) is 0 Å². The average molecular weight is 648 g/mol. The molecule has 0 aliphatic heterocycles. The fourth-order valence-electron chi connectivity index (χ4n) is 7.21. The molecule has 0 bridgehead atoms. The molecule has 6 rings (SSSR count). The maximum absolute atomic E-state index is 6.01. The summed E-state index contributed by atoms with van der Waals surface area (Å²) >= 11 is 0. The van der Waals surface area contributed by atoms with E-state index in [9.17, 15) is 0 Å². The van der Waals surface area contributed by atoms with Crippen LogP contribution in [0.1, 0.15) is 47.2 Å². The minimum absolute atomic E-state index is 0.185. The van der Waals surface area contributed by atoms with Gasteiger partial charge in [-0.1, -0.05) is 158 Å². The number of ether oxygens (including phenoxy) is 2. The zero-order valence-electron chi connectivity index (χ0n) is 28.6. The molecule has 0 radical (unpaired) electrons. The molecule has 5 nitrogen and oxygen atoms in total. The van der Waals surface area contributed by atoms with E-state index in [-0.39, 0.29) is 12.3 Å². The van der Waals surface area contributed by atoms with Crippen LogP contribution in [0.5, 0.6) is 11.5 Å². The van der Waals surface area contributed by atoms with Crippen molar-refractivity contribution in [3.8, 4) is 11.5 Å². The van der Waals surface area contributed by atoms with Crippen LogP contribution in [0, 0.1) is 0 Å². The molecule has 0 spiro atoms. The molecule has 0 aliphatic rings. The van der Waals surface area contributed by atoms with Crippen LogP contribution in [0.4, 0.5) is 0 Å². The summed E-state index contributed by atoms with van der Waals surface area (Å²) in [6, 6.07) is 58.9. The molecule has 3 N–H and O–H groups in total. The maximum atomic E-state index is 6.01. The Morgan fingerprint density at radius 2 is 0.653 bits per heavy atom. The Labute approximate surface area is 291 Å². The molecular formula is C44H45N3O2. The molecule has 0 aromatic heterocycles. The molecule has 0 saturated carbocycles. The number of hydrogen-bond donors (Lipinski definition) is 3. The SMILES string of the molecule is COc1ccccc1C(NC(C)NC(C)NC(c1ccccc1)(c1ccccc1)c1ccccc1OC)(c1ccccc1)c1ccccc1. The lowest BCUT2D eigenvalue weighted by atomic mass is 9.76. The summed E-state index contributed by atoms with van der Waals surface area (Å²) in [5.74, 6) is 1.62. The topological polar surface area (TPSA) is 54.5 Å². The van der Waals surface area contributed by atoms with Crippen molar-refractivity contribution in [1.82, 2.24) is 16.0 Å². The van der Waals surface area contributed by atoms with Crippen LogP contribution >= 0.6 is 0 Å². The molecule has 0 aliphatic carbocycles. The van der Waals surface area contributed by atoms with Crippen molar-refractivity contribution in [2.75, 3.05) is 14.2 Å². The van der Waals surface area contributed by atoms with Crippen molar-refractivity contribution >= 4 is 0 Å². The van der Waals surface area contributed by atoms with Crippen LogP contribution in [-0.2, 0) is 11.1 Å². The Hall–Kier alpha value is -5.20. The summed E-state index contributed by atoms with van der Waals surface area (Å²) in [6.07, 6.45) is -0.371. The first-order valence-electron chi connectivity index (χ1n) is 16.8. The van der Waals surface area contributed by atoms with E-state index in [1.54, 1.807) is 14.2 Å². The van der Waals surface area contributed by atoms with Crippen molar-refractivity contribution in [1.29, 1.82) is 0 Å². The first-order chi connectivity index (χ1) is 24.0. The molecular weight excluding hydrogens is 603 g/mol. The second-order valence-corrected chi connectivity index (χ2v) is 12.3. The largest absolute Gasteiger partial charge is 0.496 e. The van der Waals surface area contributed by atoms with E-state index >= 15 is 0 Å². The third kappa shape index (κ3) is 6.74. The van der Waals surface area contributed by atoms with Gasteiger partial charge in [0.25, 0.3) is 0 Å². The van der Waals surface area contributed by atoms with Gasteiger partial charge in [-0.3, -0.25) is 16.0 Å². The van der Waals surface area contributed by atoms with Gasteiger partial charge in [-0.25, -0.2) is 0 Å². The lowest BCUT2D eigenvalue weighted by molar-refractivity contribution is 0.276. The van der Waals surface area contributed by atoms with E-state index in [0.29, 0.717) is 0 Å². The summed E-state index contributed by atoms with van der Waals surface area (Å²) in [6.45, 7) is 4.34. The van der Waals surface area contributed by atoms with Crippen molar-refractivity contribution < 1.29 is 9.47 Å². The Bertz CT molecular complexity index is 1680. The van der Waals surface area contributed by atoms with E-state index in [1.165, 1.54) is 0 Å². The summed E-state index contributed by atoms with van der Waals surface area (Å²) in [7, 11) is 3.47. The predicted molar refractivity (Wildman–Crippen MR) is 200 cm³/mol. The molecule has 0 fully saturated rings. The standard InChI is InChI=1S/C44H45N3O2/c1-33(46-43(35-21-9-5-10-22-35,36-23-11-6-12-24-36)39-29-17-19-31-41(39)48-3)45-34(2)47-44(37-25-13-7-14-26-37,38-27-15-8-16-28-38)40-30-18-20-32-42(40)49-4/h5-34,45-47H,1-4H3. The number of methoxy groups -OCH3 is 2. The molecule has 2 unspecified atom stereocenters. The lowest BCUT2D eigenvalue weighted by Gasteiger charge is -2.43. The summed E-state index contributed by atoms with van der Waals surface area (Å²) in [4.78, 5) is 0. The van der Waals surface area contributed by atoms with Crippen LogP contribution in [0.15, 0.2) is 170 Å². The number of hydrogen-bond acceptors (Lipinski definition) is 5. The minimum Gasteiger partial charge on any atom is -0.496 e. The monoisotopic (exact) mass is 647 g/mol. The summed E-state index contributed by atoms with van der Waals surface area (Å²) in [5, 5.41) is 12.0. The van der Waals surface area contributed by atoms with Crippen molar-refractivity contribution in [3.05, 3.63) is 203 Å². The predicted octanol–water partition coefficient (Wildman–Crippen LogP) is 8.45. The van der Waals surface area contributed by atoms with Gasteiger partial charge in [0.05, 0.1) is 37.6 Å². The Balaban J connectivity index is 1.44. The molecule has 0 amide bonds. The number of rotatable bonds is 14. The van der Waals surface area contributed by atoms with Crippen LogP contribution in [-0.4, -0.2) is 26.6 Å². The van der Waals surface area contributed by atoms with Crippen molar-refractivity contribution in [2.45, 2.75) is 37.3 Å². The number of nitrogens with one attached hydrogen (secondary N) is 3. The first-order valence-corrected chi connectivity index (χ1v) is 16.8. The minimum atomic E-state index is -0.736. The Kier molecular flexibility index (Phi) is 10.6. The van der Waals surface area contributed by atoms with Crippen molar-refractivity contribution in [3.63, 3.8) is 0 Å². The molecule has 248 valence electrons. The van der Waals surface area contributed by atoms with E-state index < -0.39 is 11.1 Å². The highest BCUT2D eigenvalue weighted by Gasteiger charge is 2.42. The fourth-order valence-corrected chi connectivity index (χ4v) is 7.21. The second-order valence-electron chi connectivity index (χ2n) is 12.3. The Morgan fingerprint density at radius 3 is 0.939 bits per heavy atom. The van der Waals surface area contributed by atoms with E-state index in [4.69, 9.17) is 9.47 Å². The van der Waals surface area contributed by atoms with Gasteiger partial charge in [-0.15, -0.1) is 0 Å². The maximum Gasteiger partial charge on any atom is 0.124 e. The fraction of sp³-hybridized carbons (Fsp3) is 0.182. The average Bonchev–Trinajstić information content (AvgIpc) is 3.17. The number of para-hydroxylation sites is 2.